The van der Waals surface area contributed by atoms with E-state index >= 15 is 0 Å². The van der Waals surface area contributed by atoms with Gasteiger partial charge in [-0.15, -0.1) is 0 Å². The molecule has 0 saturated carbocycles. The lowest BCUT2D eigenvalue weighted by molar-refractivity contribution is -0.112. The van der Waals surface area contributed by atoms with Gasteiger partial charge >= 0.3 is 0 Å². The molecule has 0 aromatic heterocycles. The molecule has 0 aromatic rings. The van der Waals surface area contributed by atoms with Crippen molar-refractivity contribution in [2.45, 2.75) is 39.5 Å². The molecule has 0 spiro atoms. The zero-order valence-corrected chi connectivity index (χ0v) is 8.64. The fourth-order valence-corrected chi connectivity index (χ4v) is 0.801. The predicted molar refractivity (Wildman–Crippen MR) is 55.4 cm³/mol. The van der Waals surface area contributed by atoms with Crippen LogP contribution in [0.25, 0.3) is 0 Å². The molecule has 2 heteroatoms. The van der Waals surface area contributed by atoms with Crippen LogP contribution in [0.3, 0.4) is 0 Å². The van der Waals surface area contributed by atoms with E-state index in [1.165, 1.54) is 13.8 Å². The largest absolute Gasteiger partial charge is 0.285 e. The molecule has 0 unspecified atom stereocenters. The Labute approximate surface area is 85.1 Å². The lowest BCUT2D eigenvalue weighted by atomic mass is 10.2. The van der Waals surface area contributed by atoms with Gasteiger partial charge in [0.2, 0.25) is 11.6 Å². The Morgan fingerprint density at radius 2 is 1.21 bits per heavy atom. The zero-order chi connectivity index (χ0) is 10.8. The average molecular weight is 190 g/mol. The van der Waals surface area contributed by atoms with Crippen molar-refractivity contribution in [3.63, 3.8) is 0 Å². The van der Waals surface area contributed by atoms with Crippen molar-refractivity contribution < 1.29 is 9.59 Å². The van der Waals surface area contributed by atoms with Crippen LogP contribution in [0, 0.1) is 23.7 Å². The summed E-state index contributed by atoms with van der Waals surface area (Å²) in [6.07, 6.45) is 3.29. The van der Waals surface area contributed by atoms with Gasteiger partial charge in [-0.2, -0.15) is 0 Å². The fourth-order valence-electron chi connectivity index (χ4n) is 0.801. The van der Waals surface area contributed by atoms with Gasteiger partial charge < -0.3 is 0 Å². The maximum Gasteiger partial charge on any atom is 0.202 e. The van der Waals surface area contributed by atoms with Gasteiger partial charge in [0.25, 0.3) is 0 Å². The fraction of sp³-hybridized carbons (Fsp3) is 0.500. The minimum Gasteiger partial charge on any atom is -0.285 e. The lowest BCUT2D eigenvalue weighted by Crippen LogP contribution is -1.82. The average Bonchev–Trinajstić information content (AvgIpc) is 2.08. The summed E-state index contributed by atoms with van der Waals surface area (Å²) >= 11 is 0. The van der Waals surface area contributed by atoms with Gasteiger partial charge in [-0.1, -0.05) is 11.8 Å². The van der Waals surface area contributed by atoms with Crippen molar-refractivity contribution in [3.05, 3.63) is 0 Å². The van der Waals surface area contributed by atoms with E-state index in [1.54, 1.807) is 0 Å². The molecule has 0 heterocycles. The maximum atomic E-state index is 10.4. The molecule has 2 nitrogen and oxygen atoms in total. The number of rotatable bonds is 3. The number of ketones is 2. The van der Waals surface area contributed by atoms with Gasteiger partial charge in [0.15, 0.2) is 0 Å². The van der Waals surface area contributed by atoms with Crippen LogP contribution in [-0.4, -0.2) is 11.6 Å². The molecule has 0 aliphatic heterocycles. The van der Waals surface area contributed by atoms with Gasteiger partial charge in [-0.3, -0.25) is 9.59 Å². The normalized spacial score (nSPS) is 7.86. The number of hydrogen-bond acceptors (Lipinski definition) is 2. The lowest BCUT2D eigenvalue weighted by Gasteiger charge is -1.87. The van der Waals surface area contributed by atoms with E-state index in [4.69, 9.17) is 0 Å². The van der Waals surface area contributed by atoms with Gasteiger partial charge in [-0.05, 0) is 24.7 Å². The van der Waals surface area contributed by atoms with E-state index < -0.39 is 0 Å². The predicted octanol–water partition coefficient (Wildman–Crippen LogP) is 1.73. The molecular formula is C12H14O2. The molecule has 0 rings (SSSR count). The van der Waals surface area contributed by atoms with E-state index in [-0.39, 0.29) is 11.6 Å². The quantitative estimate of drug-likeness (QED) is 0.386. The first kappa shape index (κ1) is 12.5. The van der Waals surface area contributed by atoms with Crippen LogP contribution in [0.15, 0.2) is 0 Å². The Bertz CT molecular complexity index is 284. The van der Waals surface area contributed by atoms with Crippen LogP contribution in [0.2, 0.25) is 0 Å². The molecular weight excluding hydrogens is 176 g/mol. The molecule has 0 fully saturated rings. The molecule has 0 aromatic carbocycles. The number of carbonyl (C=O) groups excluding carboxylic acids is 2. The third kappa shape index (κ3) is 10.5. The van der Waals surface area contributed by atoms with Gasteiger partial charge in [0.1, 0.15) is 0 Å². The second-order valence-electron chi connectivity index (χ2n) is 2.92. The zero-order valence-electron chi connectivity index (χ0n) is 8.64. The first-order chi connectivity index (χ1) is 6.63. The molecule has 0 radical (unpaired) electrons. The monoisotopic (exact) mass is 190 g/mol. The van der Waals surface area contributed by atoms with Crippen molar-refractivity contribution >= 4 is 11.6 Å². The van der Waals surface area contributed by atoms with Gasteiger partial charge in [0, 0.05) is 26.7 Å². The molecule has 0 bridgehead atoms. The van der Waals surface area contributed by atoms with Gasteiger partial charge in [0.05, 0.1) is 0 Å². The van der Waals surface area contributed by atoms with Gasteiger partial charge in [-0.25, -0.2) is 0 Å². The van der Waals surface area contributed by atoms with Crippen LogP contribution >= 0.6 is 0 Å². The number of hydrogen-bond donors (Lipinski definition) is 0. The standard InChI is InChI=1S/C12H14O2/c1-11(13)9-7-5-3-4-6-8-10-12(2)14/h3-6H2,1-2H3. The van der Waals surface area contributed by atoms with E-state index in [1.807, 2.05) is 0 Å². The van der Waals surface area contributed by atoms with Crippen LogP contribution in [0.1, 0.15) is 39.5 Å². The van der Waals surface area contributed by atoms with E-state index in [2.05, 4.69) is 23.7 Å². The molecule has 0 aliphatic carbocycles. The SMILES string of the molecule is CC(=O)C#CCCCCC#CC(C)=O. The Morgan fingerprint density at radius 1 is 0.857 bits per heavy atom. The highest BCUT2D eigenvalue weighted by Gasteiger charge is 1.85. The summed E-state index contributed by atoms with van der Waals surface area (Å²) in [5, 5.41) is 0. The summed E-state index contributed by atoms with van der Waals surface area (Å²) in [6.45, 7) is 2.90. The topological polar surface area (TPSA) is 34.1 Å². The molecule has 0 amide bonds. The highest BCUT2D eigenvalue weighted by molar-refractivity contribution is 5.93. The highest BCUT2D eigenvalue weighted by atomic mass is 16.1. The van der Waals surface area contributed by atoms with Crippen molar-refractivity contribution in [2.24, 2.45) is 0 Å². The number of carbonyl (C=O) groups is 2. The van der Waals surface area contributed by atoms with Crippen LogP contribution in [0.4, 0.5) is 0 Å². The maximum absolute atomic E-state index is 10.4. The summed E-state index contributed by atoms with van der Waals surface area (Å²) in [5.41, 5.74) is 0. The van der Waals surface area contributed by atoms with E-state index in [0.29, 0.717) is 0 Å². The summed E-state index contributed by atoms with van der Waals surface area (Å²) in [4.78, 5) is 20.8. The number of Topliss-reactive ketones (excluding diaryl/α,β-unsaturated/α-hetero) is 2. The first-order valence-electron chi connectivity index (χ1n) is 4.62. The third-order valence-electron chi connectivity index (χ3n) is 1.38. The Balaban J connectivity index is 3.42. The van der Waals surface area contributed by atoms with Crippen molar-refractivity contribution in [3.8, 4) is 23.7 Å². The first-order valence-corrected chi connectivity index (χ1v) is 4.62. The molecule has 14 heavy (non-hydrogen) atoms. The van der Waals surface area contributed by atoms with Crippen molar-refractivity contribution in [1.82, 2.24) is 0 Å². The van der Waals surface area contributed by atoms with Crippen LogP contribution < -0.4 is 0 Å². The summed E-state index contributed by atoms with van der Waals surface area (Å²) < 4.78 is 0. The Hall–Kier alpha value is -1.54. The van der Waals surface area contributed by atoms with E-state index in [9.17, 15) is 9.59 Å². The molecule has 0 N–H and O–H groups in total. The smallest absolute Gasteiger partial charge is 0.202 e. The molecule has 74 valence electrons. The minimum atomic E-state index is -0.0960. The van der Waals surface area contributed by atoms with Crippen molar-refractivity contribution in [1.29, 1.82) is 0 Å². The summed E-state index contributed by atoms with van der Waals surface area (Å²) in [6, 6.07) is 0. The third-order valence-corrected chi connectivity index (χ3v) is 1.38. The van der Waals surface area contributed by atoms with E-state index in [0.717, 1.165) is 25.7 Å². The van der Waals surface area contributed by atoms with Crippen molar-refractivity contribution in [2.75, 3.05) is 0 Å². The minimum absolute atomic E-state index is 0.0960. The van der Waals surface area contributed by atoms with Crippen LogP contribution in [0.5, 0.6) is 0 Å². The Kier molecular flexibility index (Phi) is 7.19. The molecule has 0 atom stereocenters. The number of unbranched alkanes of at least 4 members (excludes halogenated alkanes) is 3. The highest BCUT2D eigenvalue weighted by Crippen LogP contribution is 1.96. The second-order valence-corrected chi connectivity index (χ2v) is 2.92. The second kappa shape index (κ2) is 8.08. The Morgan fingerprint density at radius 3 is 1.50 bits per heavy atom. The summed E-state index contributed by atoms with van der Waals surface area (Å²) in [7, 11) is 0. The summed E-state index contributed by atoms with van der Waals surface area (Å²) in [5.74, 6) is 10.3. The van der Waals surface area contributed by atoms with Crippen LogP contribution in [-0.2, 0) is 9.59 Å². The molecule has 0 saturated heterocycles. The molecule has 0 aliphatic rings.